The molecule has 0 aromatic carbocycles. The summed E-state index contributed by atoms with van der Waals surface area (Å²) < 4.78 is 38.6. The summed E-state index contributed by atoms with van der Waals surface area (Å²) in [4.78, 5) is 35.0. The van der Waals surface area contributed by atoms with E-state index < -0.39 is 57.4 Å². The molecule has 1 rings (SSSR count). The van der Waals surface area contributed by atoms with E-state index in [1.165, 1.54) is 17.2 Å². The molecule has 0 aliphatic carbocycles. The molecule has 1 unspecified atom stereocenters. The van der Waals surface area contributed by atoms with Crippen LogP contribution in [0, 0.1) is 13.8 Å². The van der Waals surface area contributed by atoms with E-state index >= 15 is 0 Å². The second-order valence-corrected chi connectivity index (χ2v) is 15.8. The van der Waals surface area contributed by atoms with Crippen molar-refractivity contribution in [3.05, 3.63) is 71.3 Å². The zero-order valence-corrected chi connectivity index (χ0v) is 35.8. The highest BCUT2D eigenvalue weighted by Crippen LogP contribution is 2.43. The minimum atomic E-state index is -4.48. The van der Waals surface area contributed by atoms with Gasteiger partial charge in [0.2, 0.25) is 0 Å². The number of phosphoric acid groups is 1. The fourth-order valence-electron chi connectivity index (χ4n) is 5.77. The van der Waals surface area contributed by atoms with E-state index in [0.29, 0.717) is 6.42 Å². The lowest BCUT2D eigenvalue weighted by Crippen LogP contribution is -2.30. The van der Waals surface area contributed by atoms with E-state index in [4.69, 9.17) is 28.7 Å². The van der Waals surface area contributed by atoms with E-state index in [0.717, 1.165) is 88.6 Å². The van der Waals surface area contributed by atoms with Crippen molar-refractivity contribution in [3.63, 3.8) is 0 Å². The zero-order valence-electron chi connectivity index (χ0n) is 34.9. The van der Waals surface area contributed by atoms with E-state index in [-0.39, 0.29) is 38.8 Å². The second kappa shape index (κ2) is 32.0. The molecule has 1 heterocycles. The second-order valence-electron chi connectivity index (χ2n) is 14.3. The Balaban J connectivity index is 2.44. The third kappa shape index (κ3) is 26.0. The van der Waals surface area contributed by atoms with Crippen LogP contribution in [0.2, 0.25) is 0 Å². The molecular weight excluding hydrogens is 753 g/mol. The Labute approximate surface area is 341 Å². The van der Waals surface area contributed by atoms with E-state index in [1.54, 1.807) is 42.5 Å². The van der Waals surface area contributed by atoms with Gasteiger partial charge in [0.25, 0.3) is 0 Å². The van der Waals surface area contributed by atoms with Crippen molar-refractivity contribution >= 4 is 19.8 Å². The van der Waals surface area contributed by atoms with Gasteiger partial charge in [0.1, 0.15) is 18.1 Å². The molecule has 0 spiro atoms. The predicted molar refractivity (Wildman–Crippen MR) is 222 cm³/mol. The number of carbonyl (C=O) groups is 2. The largest absolute Gasteiger partial charge is 0.472 e. The molecule has 0 amide bonds. The first-order chi connectivity index (χ1) is 27.3. The summed E-state index contributed by atoms with van der Waals surface area (Å²) in [5, 5.41) is 30.4. The lowest BCUT2D eigenvalue weighted by atomic mass is 10.0. The van der Waals surface area contributed by atoms with Crippen LogP contribution in [0.5, 0.6) is 0 Å². The number of unbranched alkanes of at least 4 members (excludes halogenated alkanes) is 7. The Morgan fingerprint density at radius 2 is 1.33 bits per heavy atom. The Bertz CT molecular complexity index is 1400. The van der Waals surface area contributed by atoms with Crippen LogP contribution in [-0.2, 0) is 45.5 Å². The molecule has 0 saturated carbocycles. The number of aliphatic hydroxyl groups is 3. The van der Waals surface area contributed by atoms with Crippen molar-refractivity contribution in [1.82, 2.24) is 0 Å². The van der Waals surface area contributed by atoms with Gasteiger partial charge in [-0.1, -0.05) is 107 Å². The number of aliphatic hydroxyl groups excluding tert-OH is 3. The van der Waals surface area contributed by atoms with Crippen molar-refractivity contribution in [1.29, 1.82) is 0 Å². The predicted octanol–water partition coefficient (Wildman–Crippen LogP) is 7.73. The van der Waals surface area contributed by atoms with Crippen molar-refractivity contribution < 1.29 is 57.3 Å². The maximum Gasteiger partial charge on any atom is 0.472 e. The Kier molecular flexibility index (Phi) is 29.3. The number of aryl methyl sites for hydroxylation is 2. The average molecular weight is 826 g/mol. The van der Waals surface area contributed by atoms with E-state index in [9.17, 15) is 34.4 Å². The lowest BCUT2D eigenvalue weighted by molar-refractivity contribution is -0.161. The minimum absolute atomic E-state index is 0.00568. The van der Waals surface area contributed by atoms with E-state index in [2.05, 4.69) is 27.7 Å². The first kappa shape index (κ1) is 52.1. The molecule has 1 aromatic heterocycles. The van der Waals surface area contributed by atoms with Crippen LogP contribution in [0.3, 0.4) is 0 Å². The molecule has 6 N–H and O–H groups in total. The number of phosphoric ester groups is 1. The van der Waals surface area contributed by atoms with Gasteiger partial charge in [-0.25, -0.2) is 4.57 Å². The maximum atomic E-state index is 12.6. The molecule has 0 fully saturated rings. The van der Waals surface area contributed by atoms with Crippen LogP contribution in [0.15, 0.2) is 53.0 Å². The number of furan rings is 1. The van der Waals surface area contributed by atoms with Gasteiger partial charge in [-0.05, 0) is 63.5 Å². The Hall–Kier alpha value is -2.87. The van der Waals surface area contributed by atoms with Gasteiger partial charge in [-0.15, -0.1) is 0 Å². The third-order valence-electron chi connectivity index (χ3n) is 9.26. The van der Waals surface area contributed by atoms with Gasteiger partial charge in [-0.3, -0.25) is 18.6 Å². The van der Waals surface area contributed by atoms with Gasteiger partial charge >= 0.3 is 19.8 Å². The van der Waals surface area contributed by atoms with Crippen LogP contribution in [-0.4, -0.2) is 82.9 Å². The third-order valence-corrected chi connectivity index (χ3v) is 10.2. The molecule has 57 heavy (non-hydrogen) atoms. The van der Waals surface area contributed by atoms with Crippen LogP contribution in [0.25, 0.3) is 0 Å². The van der Waals surface area contributed by atoms with Crippen LogP contribution in [0.1, 0.15) is 133 Å². The monoisotopic (exact) mass is 825 g/mol. The minimum Gasteiger partial charge on any atom is -0.466 e. The van der Waals surface area contributed by atoms with Gasteiger partial charge < -0.3 is 39.8 Å². The number of nitrogens with two attached hydrogens (primary N) is 1. The molecule has 0 saturated heterocycles. The summed E-state index contributed by atoms with van der Waals surface area (Å²) in [6.45, 7) is 7.32. The molecular formula is C43H72NO12P. The molecule has 5 atom stereocenters. The number of rotatable bonds is 34. The number of esters is 2. The Morgan fingerprint density at radius 1 is 0.719 bits per heavy atom. The van der Waals surface area contributed by atoms with Crippen molar-refractivity contribution in [2.24, 2.45) is 5.73 Å². The zero-order chi connectivity index (χ0) is 42.3. The van der Waals surface area contributed by atoms with Gasteiger partial charge in [-0.2, -0.15) is 0 Å². The summed E-state index contributed by atoms with van der Waals surface area (Å²) >= 11 is 0. The van der Waals surface area contributed by atoms with Gasteiger partial charge in [0.15, 0.2) is 6.10 Å². The number of hydrogen-bond donors (Lipinski definition) is 5. The molecule has 0 aliphatic rings. The van der Waals surface area contributed by atoms with Crippen molar-refractivity contribution in [2.45, 2.75) is 161 Å². The molecule has 13 nitrogen and oxygen atoms in total. The molecule has 14 heteroatoms. The molecule has 0 bridgehead atoms. The summed E-state index contributed by atoms with van der Waals surface area (Å²) in [5.74, 6) is 0.980. The maximum absolute atomic E-state index is 12.6. The molecule has 326 valence electrons. The topological polar surface area (TPSA) is 208 Å². The summed E-state index contributed by atoms with van der Waals surface area (Å²) in [6, 6.07) is 0. The first-order valence-corrected chi connectivity index (χ1v) is 22.3. The molecule has 0 aliphatic heterocycles. The van der Waals surface area contributed by atoms with Crippen molar-refractivity contribution in [2.75, 3.05) is 26.4 Å². The summed E-state index contributed by atoms with van der Waals surface area (Å²) in [7, 11) is -4.48. The standard InChI is InChI=1S/C43H72NO12P/c1-5-7-16-23-36(45)24-17-12-8-9-13-18-25-38(46)39(47)26-21-29-42(48)52-32-37(33-54-57(50,51)53-31-30-44)55-43(49)28-20-15-11-10-14-19-27-41-35(4)34(3)40(56-41)22-6-2/h8-9,12-13,17-18,24-25,36-39,45-47H,5-7,10-11,14-16,19-23,26-33,44H2,1-4H3,(H,50,51)/b12-8-,13-9+,24-17+,25-18+/t36-,37-,38-,39-/m1/s1. The molecule has 1 aromatic rings. The highest BCUT2D eigenvalue weighted by atomic mass is 31.2. The highest BCUT2D eigenvalue weighted by Gasteiger charge is 2.26. The van der Waals surface area contributed by atoms with Gasteiger partial charge in [0, 0.05) is 32.2 Å². The fourth-order valence-corrected chi connectivity index (χ4v) is 6.53. The number of carbonyl (C=O) groups excluding carboxylic acids is 2. The number of ether oxygens (including phenoxy) is 2. The summed E-state index contributed by atoms with van der Waals surface area (Å²) in [5.41, 5.74) is 7.84. The summed E-state index contributed by atoms with van der Waals surface area (Å²) in [6.07, 6.45) is 22.4. The van der Waals surface area contributed by atoms with Crippen molar-refractivity contribution in [3.8, 4) is 0 Å². The van der Waals surface area contributed by atoms with E-state index in [1.807, 2.05) is 0 Å². The smallest absolute Gasteiger partial charge is 0.466 e. The quantitative estimate of drug-likeness (QED) is 0.0195. The molecule has 0 radical (unpaired) electrons. The van der Waals surface area contributed by atoms with Crippen LogP contribution >= 0.6 is 7.82 Å². The SMILES string of the molecule is CCCCC[C@@H](O)/C=C/C=C\C=C\C=C\[C@@H](O)[C@H](O)CCCC(=O)OC[C@H](COP(=O)(O)OCCN)OC(=O)CCCCCCCCc1oc(CCC)c(C)c1C. The normalized spacial score (nSPS) is 15.5. The average Bonchev–Trinajstić information content (AvgIpc) is 3.44. The lowest BCUT2D eigenvalue weighted by Gasteiger charge is -2.20. The highest BCUT2D eigenvalue weighted by molar-refractivity contribution is 7.47. The number of hydrogen-bond acceptors (Lipinski definition) is 12. The van der Waals surface area contributed by atoms with Crippen LogP contribution in [0.4, 0.5) is 0 Å². The van der Waals surface area contributed by atoms with Crippen LogP contribution < -0.4 is 5.73 Å². The first-order valence-electron chi connectivity index (χ1n) is 20.8. The Morgan fingerprint density at radius 3 is 2.00 bits per heavy atom. The van der Waals surface area contributed by atoms with Gasteiger partial charge in [0.05, 0.1) is 31.5 Å². The number of allylic oxidation sites excluding steroid dienone is 6. The fraction of sp³-hybridized carbons (Fsp3) is 0.674.